The fourth-order valence-electron chi connectivity index (χ4n) is 3.96. The normalized spacial score (nSPS) is 14.8. The van der Waals surface area contributed by atoms with E-state index >= 15 is 0 Å². The van der Waals surface area contributed by atoms with E-state index in [9.17, 15) is 0 Å². The summed E-state index contributed by atoms with van der Waals surface area (Å²) in [4.78, 5) is 9.31. The molecule has 4 nitrogen and oxygen atoms in total. The van der Waals surface area contributed by atoms with E-state index in [1.807, 2.05) is 0 Å². The van der Waals surface area contributed by atoms with Crippen LogP contribution in [0.2, 0.25) is 0 Å². The average molecular weight is 470 g/mol. The number of fused-ring (bicyclic) bond motifs is 2. The van der Waals surface area contributed by atoms with Crippen molar-refractivity contribution in [3.63, 3.8) is 0 Å². The molecule has 0 N–H and O–H groups in total. The van der Waals surface area contributed by atoms with E-state index in [0.717, 1.165) is 0 Å². The summed E-state index contributed by atoms with van der Waals surface area (Å²) < 4.78 is 0. The number of hydrogen-bond donors (Lipinski definition) is 0. The zero-order valence-electron chi connectivity index (χ0n) is 20.2. The number of rotatable bonds is 4. The molecule has 2 heterocycles. The van der Waals surface area contributed by atoms with Gasteiger partial charge in [-0.3, -0.25) is 0 Å². The quantitative estimate of drug-likeness (QED) is 0.374. The van der Waals surface area contributed by atoms with Gasteiger partial charge in [-0.25, -0.2) is 0 Å². The molecule has 173 valence electrons. The van der Waals surface area contributed by atoms with Crippen molar-refractivity contribution >= 4 is 22.7 Å². The number of anilines is 4. The van der Waals surface area contributed by atoms with Crippen LogP contribution in [-0.2, 0) is 17.1 Å². The molecule has 0 aliphatic carbocycles. The third-order valence-electron chi connectivity index (χ3n) is 5.60. The number of nitrogens with zero attached hydrogens (tertiary/aromatic N) is 4. The molecule has 0 amide bonds. The zero-order chi connectivity index (χ0) is 22.0. The smallest absolute Gasteiger partial charge is 0.500 e. The van der Waals surface area contributed by atoms with Crippen molar-refractivity contribution in [1.29, 1.82) is 0 Å². The predicted molar refractivity (Wildman–Crippen MR) is 132 cm³/mol. The van der Waals surface area contributed by atoms with Gasteiger partial charge in [0, 0.05) is 22.7 Å². The largest absolute Gasteiger partial charge is 2.00 e. The summed E-state index contributed by atoms with van der Waals surface area (Å²) in [7, 11) is 0. The Bertz CT molecular complexity index is 698. The van der Waals surface area contributed by atoms with Crippen LogP contribution in [0.5, 0.6) is 0 Å². The predicted octanol–water partition coefficient (Wildman–Crippen LogP) is 6.50. The molecule has 0 saturated carbocycles. The van der Waals surface area contributed by atoms with Gasteiger partial charge in [0.05, 0.1) is 0 Å². The Balaban J connectivity index is 0.000000213. The van der Waals surface area contributed by atoms with Crippen LogP contribution in [-0.4, -0.2) is 24.2 Å². The van der Waals surface area contributed by atoms with Gasteiger partial charge in [-0.2, -0.15) is 13.3 Å². The van der Waals surface area contributed by atoms with E-state index in [1.54, 1.807) is 0 Å². The van der Waals surface area contributed by atoms with E-state index in [-0.39, 0.29) is 17.1 Å². The summed E-state index contributed by atoms with van der Waals surface area (Å²) in [6.45, 7) is 22.2. The molecule has 2 aromatic rings. The van der Waals surface area contributed by atoms with Gasteiger partial charge >= 0.3 is 17.1 Å². The summed E-state index contributed by atoms with van der Waals surface area (Å²) in [5, 5.41) is 0. The standard InChI is InChI=1S/2C13H19N2.Cu/c2*1-10(2)14-9-15(11(3)4)13-8-6-5-7-12(13)14;/h2*5-11H,1-4H3;/q2*-1;+2. The summed E-state index contributed by atoms with van der Waals surface area (Å²) in [5.41, 5.74) is 5.28. The van der Waals surface area contributed by atoms with Crippen molar-refractivity contribution in [1.82, 2.24) is 0 Å². The molecule has 0 atom stereocenters. The topological polar surface area (TPSA) is 13.0 Å². The van der Waals surface area contributed by atoms with Gasteiger partial charge in [0.2, 0.25) is 0 Å². The second-order valence-corrected chi connectivity index (χ2v) is 9.21. The minimum Gasteiger partial charge on any atom is -0.500 e. The van der Waals surface area contributed by atoms with Crippen molar-refractivity contribution in [2.75, 3.05) is 19.6 Å². The molecule has 0 unspecified atom stereocenters. The Kier molecular flexibility index (Phi) is 8.73. The van der Waals surface area contributed by atoms with E-state index in [2.05, 4.69) is 137 Å². The number of benzene rings is 2. The zero-order valence-corrected chi connectivity index (χ0v) is 21.1. The van der Waals surface area contributed by atoms with Gasteiger partial charge in [-0.1, -0.05) is 24.3 Å². The third kappa shape index (κ3) is 5.32. The monoisotopic (exact) mass is 469 g/mol. The molecular weight excluding hydrogens is 432 g/mol. The van der Waals surface area contributed by atoms with Crippen LogP contribution in [0.4, 0.5) is 22.7 Å². The van der Waals surface area contributed by atoms with Gasteiger partial charge in [0.25, 0.3) is 0 Å². The Morgan fingerprint density at radius 1 is 0.452 bits per heavy atom. The van der Waals surface area contributed by atoms with Crippen molar-refractivity contribution in [2.24, 2.45) is 0 Å². The van der Waals surface area contributed by atoms with Crippen molar-refractivity contribution < 1.29 is 17.1 Å². The summed E-state index contributed by atoms with van der Waals surface area (Å²) in [5.74, 6) is 0. The third-order valence-corrected chi connectivity index (χ3v) is 5.60. The minimum absolute atomic E-state index is 0. The van der Waals surface area contributed by atoms with Gasteiger partial charge in [-0.15, -0.1) is 0 Å². The molecule has 5 heteroatoms. The molecule has 2 aromatic carbocycles. The van der Waals surface area contributed by atoms with Crippen LogP contribution in [0.1, 0.15) is 55.4 Å². The van der Waals surface area contributed by atoms with Crippen LogP contribution < -0.4 is 19.6 Å². The van der Waals surface area contributed by atoms with Gasteiger partial charge in [0.1, 0.15) is 0 Å². The maximum absolute atomic E-state index is 2.33. The Morgan fingerprint density at radius 2 is 0.645 bits per heavy atom. The van der Waals surface area contributed by atoms with Crippen molar-refractivity contribution in [3.8, 4) is 0 Å². The Labute approximate surface area is 200 Å². The van der Waals surface area contributed by atoms with Gasteiger partial charge < -0.3 is 19.6 Å². The summed E-state index contributed by atoms with van der Waals surface area (Å²) in [6, 6.07) is 19.2. The number of hydrogen-bond acceptors (Lipinski definition) is 4. The first-order chi connectivity index (χ1) is 14.2. The first-order valence-electron chi connectivity index (χ1n) is 11.2. The van der Waals surface area contributed by atoms with Crippen LogP contribution in [0, 0.1) is 13.3 Å². The molecule has 1 radical (unpaired) electrons. The first-order valence-corrected chi connectivity index (χ1v) is 11.2. The maximum Gasteiger partial charge on any atom is 2.00 e. The van der Waals surface area contributed by atoms with Crippen LogP contribution in [0.15, 0.2) is 48.5 Å². The molecule has 2 aliphatic heterocycles. The fraction of sp³-hybridized carbons (Fsp3) is 0.462. The van der Waals surface area contributed by atoms with E-state index in [4.69, 9.17) is 0 Å². The van der Waals surface area contributed by atoms with E-state index < -0.39 is 0 Å². The Morgan fingerprint density at radius 3 is 0.806 bits per heavy atom. The molecule has 0 spiro atoms. The van der Waals surface area contributed by atoms with E-state index in [0.29, 0.717) is 24.2 Å². The SMILES string of the molecule is CC(C)N1[CH-]N(C(C)C)c2ccccc21.CC(C)N1[CH-]N(C(C)C)c2ccccc21.[Cu+2]. The van der Waals surface area contributed by atoms with Gasteiger partial charge in [0.15, 0.2) is 0 Å². The van der Waals surface area contributed by atoms with Crippen molar-refractivity contribution in [3.05, 3.63) is 61.9 Å². The van der Waals surface area contributed by atoms with Crippen LogP contribution in [0.3, 0.4) is 0 Å². The van der Waals surface area contributed by atoms with Crippen LogP contribution >= 0.6 is 0 Å². The first kappa shape index (κ1) is 25.4. The molecule has 0 bridgehead atoms. The van der Waals surface area contributed by atoms with E-state index in [1.165, 1.54) is 22.7 Å². The Hall–Kier alpha value is -1.84. The van der Waals surface area contributed by atoms with Crippen molar-refractivity contribution in [2.45, 2.75) is 79.6 Å². The fourth-order valence-corrected chi connectivity index (χ4v) is 3.96. The molecule has 2 aliphatic rings. The molecule has 0 aromatic heterocycles. The van der Waals surface area contributed by atoms with Crippen LogP contribution in [0.25, 0.3) is 0 Å². The summed E-state index contributed by atoms with van der Waals surface area (Å²) >= 11 is 0. The molecule has 0 saturated heterocycles. The minimum atomic E-state index is 0. The average Bonchev–Trinajstić information content (AvgIpc) is 3.28. The maximum atomic E-state index is 2.33. The molecule has 0 fully saturated rings. The molecule has 31 heavy (non-hydrogen) atoms. The molecule has 4 rings (SSSR count). The number of para-hydroxylation sites is 4. The van der Waals surface area contributed by atoms with Gasteiger partial charge in [-0.05, 0) is 104 Å². The summed E-state index contributed by atoms with van der Waals surface area (Å²) in [6.07, 6.45) is 0. The second-order valence-electron chi connectivity index (χ2n) is 9.21. The second kappa shape index (κ2) is 10.7. The molecular formula is C26H38CuN4.